The minimum Gasteiger partial charge on any atom is -0.432 e. The van der Waals surface area contributed by atoms with Gasteiger partial charge in [-0.25, -0.2) is 18.2 Å². The van der Waals surface area contributed by atoms with Crippen molar-refractivity contribution in [3.63, 3.8) is 0 Å². The second-order valence-corrected chi connectivity index (χ2v) is 8.07. The number of fused-ring (bicyclic) bond motifs is 1. The third-order valence-electron chi connectivity index (χ3n) is 5.72. The van der Waals surface area contributed by atoms with Crippen molar-refractivity contribution in [1.29, 1.82) is 0 Å². The molecule has 0 spiro atoms. The van der Waals surface area contributed by atoms with E-state index in [0.717, 1.165) is 23.4 Å². The van der Waals surface area contributed by atoms with Gasteiger partial charge in [-0.1, -0.05) is 18.2 Å². The molecule has 0 bridgehead atoms. The highest BCUT2D eigenvalue weighted by atomic mass is 19.1. The van der Waals surface area contributed by atoms with E-state index in [9.17, 15) is 18.0 Å². The average molecular weight is 464 g/mol. The van der Waals surface area contributed by atoms with Gasteiger partial charge in [-0.3, -0.25) is 9.48 Å². The van der Waals surface area contributed by atoms with Crippen LogP contribution in [0.25, 0.3) is 11.1 Å². The van der Waals surface area contributed by atoms with Gasteiger partial charge in [0.2, 0.25) is 11.6 Å². The number of amides is 1. The van der Waals surface area contributed by atoms with Crippen molar-refractivity contribution in [2.75, 3.05) is 0 Å². The van der Waals surface area contributed by atoms with Crippen LogP contribution in [0, 0.1) is 24.4 Å². The minimum atomic E-state index is -0.910. The largest absolute Gasteiger partial charge is 0.432 e. The Morgan fingerprint density at radius 1 is 1.06 bits per heavy atom. The Hall–Kier alpha value is -4.14. The maximum atomic E-state index is 15.0. The van der Waals surface area contributed by atoms with Crippen molar-refractivity contribution in [3.8, 4) is 22.8 Å². The van der Waals surface area contributed by atoms with Crippen molar-refractivity contribution >= 4 is 5.91 Å². The zero-order chi connectivity index (χ0) is 24.0. The van der Waals surface area contributed by atoms with Crippen LogP contribution < -0.4 is 4.74 Å². The Morgan fingerprint density at radius 2 is 1.82 bits per heavy atom. The van der Waals surface area contributed by atoms with Crippen LogP contribution in [0.3, 0.4) is 0 Å². The molecule has 2 aromatic heterocycles. The van der Waals surface area contributed by atoms with Crippen LogP contribution in [0.5, 0.6) is 11.6 Å². The number of nitrogens with zero attached hydrogens (tertiary/aromatic N) is 4. The monoisotopic (exact) mass is 464 g/mol. The number of rotatable bonds is 5. The summed E-state index contributed by atoms with van der Waals surface area (Å²) < 4.78 is 50.1. The van der Waals surface area contributed by atoms with Crippen molar-refractivity contribution in [1.82, 2.24) is 19.7 Å². The van der Waals surface area contributed by atoms with Gasteiger partial charge in [-0.05, 0) is 42.3 Å². The Bertz CT molecular complexity index is 1410. The molecule has 2 aromatic carbocycles. The van der Waals surface area contributed by atoms with Crippen LogP contribution in [0.4, 0.5) is 13.2 Å². The number of hydrogen-bond acceptors (Lipinski definition) is 4. The van der Waals surface area contributed by atoms with Crippen molar-refractivity contribution in [3.05, 3.63) is 94.7 Å². The maximum absolute atomic E-state index is 15.0. The van der Waals surface area contributed by atoms with Crippen molar-refractivity contribution in [2.45, 2.75) is 20.0 Å². The lowest BCUT2D eigenvalue weighted by molar-refractivity contribution is 0.0762. The van der Waals surface area contributed by atoms with E-state index < -0.39 is 29.1 Å². The van der Waals surface area contributed by atoms with Crippen molar-refractivity contribution in [2.24, 2.45) is 7.05 Å². The summed E-state index contributed by atoms with van der Waals surface area (Å²) in [5.74, 6) is -3.56. The number of pyridine rings is 1. The zero-order valence-electron chi connectivity index (χ0n) is 18.3. The first kappa shape index (κ1) is 21.7. The molecule has 0 N–H and O–H groups in total. The molecule has 172 valence electrons. The van der Waals surface area contributed by atoms with Gasteiger partial charge in [0.25, 0.3) is 5.91 Å². The summed E-state index contributed by atoms with van der Waals surface area (Å²) in [5, 5.41) is 4.28. The van der Waals surface area contributed by atoms with Gasteiger partial charge in [-0.15, -0.1) is 0 Å². The zero-order valence-corrected chi connectivity index (χ0v) is 18.3. The molecule has 0 aliphatic carbocycles. The van der Waals surface area contributed by atoms with Gasteiger partial charge < -0.3 is 9.64 Å². The molecular formula is C25H19F3N4O2. The number of benzene rings is 2. The molecule has 1 aliphatic rings. The first-order chi connectivity index (χ1) is 16.3. The lowest BCUT2D eigenvalue weighted by Crippen LogP contribution is -2.24. The molecule has 1 aliphatic heterocycles. The predicted octanol–water partition coefficient (Wildman–Crippen LogP) is 5.16. The van der Waals surface area contributed by atoms with Gasteiger partial charge in [0.1, 0.15) is 11.4 Å². The Kier molecular flexibility index (Phi) is 5.31. The molecule has 4 aromatic rings. The molecule has 0 saturated heterocycles. The smallest absolute Gasteiger partial charge is 0.260 e. The van der Waals surface area contributed by atoms with Gasteiger partial charge in [0, 0.05) is 43.7 Å². The summed E-state index contributed by atoms with van der Waals surface area (Å²) in [5.41, 5.74) is 3.32. The summed E-state index contributed by atoms with van der Waals surface area (Å²) in [4.78, 5) is 18.6. The molecule has 0 atom stereocenters. The van der Waals surface area contributed by atoms with E-state index in [1.165, 1.54) is 23.2 Å². The number of hydrogen-bond donors (Lipinski definition) is 0. The first-order valence-corrected chi connectivity index (χ1v) is 10.5. The topological polar surface area (TPSA) is 60.3 Å². The summed E-state index contributed by atoms with van der Waals surface area (Å²) in [6.07, 6.45) is 3.21. The Labute approximate surface area is 193 Å². The Balaban J connectivity index is 1.40. The quantitative estimate of drug-likeness (QED) is 0.410. The first-order valence-electron chi connectivity index (χ1n) is 10.5. The summed E-state index contributed by atoms with van der Waals surface area (Å²) in [7, 11) is 1.80. The number of ether oxygens (including phenoxy) is 1. The molecule has 0 saturated carbocycles. The third-order valence-corrected chi connectivity index (χ3v) is 5.72. The predicted molar refractivity (Wildman–Crippen MR) is 118 cm³/mol. The number of aryl methyl sites for hydroxylation is 2. The normalized spacial score (nSPS) is 12.9. The van der Waals surface area contributed by atoms with Crippen LogP contribution in [0.1, 0.15) is 27.2 Å². The number of aromatic nitrogens is 3. The molecule has 3 heterocycles. The molecule has 0 fully saturated rings. The van der Waals surface area contributed by atoms with Crippen LogP contribution in [-0.2, 0) is 20.1 Å². The van der Waals surface area contributed by atoms with Gasteiger partial charge in [0.15, 0.2) is 11.6 Å². The van der Waals surface area contributed by atoms with Crippen LogP contribution >= 0.6 is 0 Å². The molecule has 0 unspecified atom stereocenters. The molecule has 0 radical (unpaired) electrons. The minimum absolute atomic E-state index is 0.0130. The summed E-state index contributed by atoms with van der Waals surface area (Å²) in [6, 6.07) is 9.78. The number of carbonyl (C=O) groups excluding carboxylic acids is 1. The standard InChI is InChI=1S/C25H19F3N4O2/c1-14-18(13-31(2)30-14)15-6-7-16(21(28)10-15)11-32-12-17-8-9-29-24(22(17)25(32)33)34-23-19(26)4-3-5-20(23)27/h3-10,13H,11-12H2,1-2H3. The Morgan fingerprint density at radius 3 is 2.50 bits per heavy atom. The molecular weight excluding hydrogens is 445 g/mol. The summed E-state index contributed by atoms with van der Waals surface area (Å²) >= 11 is 0. The van der Waals surface area contributed by atoms with Crippen molar-refractivity contribution < 1.29 is 22.7 Å². The average Bonchev–Trinajstić information content (AvgIpc) is 3.30. The SMILES string of the molecule is Cc1nn(C)cc1-c1ccc(CN2Cc3ccnc(Oc4c(F)cccc4F)c3C2=O)c(F)c1. The second-order valence-electron chi connectivity index (χ2n) is 8.07. The van der Waals surface area contributed by atoms with E-state index in [0.29, 0.717) is 16.7 Å². The van der Waals surface area contributed by atoms with E-state index in [-0.39, 0.29) is 24.5 Å². The second kappa shape index (κ2) is 8.33. The van der Waals surface area contributed by atoms with Crippen LogP contribution in [-0.4, -0.2) is 25.6 Å². The highest BCUT2D eigenvalue weighted by molar-refractivity contribution is 6.00. The number of halogens is 3. The van der Waals surface area contributed by atoms with E-state index in [1.807, 2.05) is 13.1 Å². The fourth-order valence-corrected chi connectivity index (χ4v) is 4.09. The molecule has 5 rings (SSSR count). The summed E-state index contributed by atoms with van der Waals surface area (Å²) in [6.45, 7) is 2.05. The van der Waals surface area contributed by atoms with E-state index >= 15 is 0 Å². The maximum Gasteiger partial charge on any atom is 0.260 e. The van der Waals surface area contributed by atoms with E-state index in [2.05, 4.69) is 10.1 Å². The highest BCUT2D eigenvalue weighted by Crippen LogP contribution is 2.35. The van der Waals surface area contributed by atoms with Gasteiger partial charge in [-0.2, -0.15) is 5.10 Å². The fraction of sp³-hybridized carbons (Fsp3) is 0.160. The highest BCUT2D eigenvalue weighted by Gasteiger charge is 2.33. The fourth-order valence-electron chi connectivity index (χ4n) is 4.09. The lowest BCUT2D eigenvalue weighted by atomic mass is 10.0. The van der Waals surface area contributed by atoms with E-state index in [4.69, 9.17) is 4.74 Å². The molecule has 34 heavy (non-hydrogen) atoms. The van der Waals surface area contributed by atoms with Crippen LogP contribution in [0.15, 0.2) is 54.9 Å². The molecule has 9 heteroatoms. The number of carbonyl (C=O) groups is 1. The lowest BCUT2D eigenvalue weighted by Gasteiger charge is -2.17. The van der Waals surface area contributed by atoms with Crippen LogP contribution in [0.2, 0.25) is 0 Å². The molecule has 6 nitrogen and oxygen atoms in total. The number of para-hydroxylation sites is 1. The van der Waals surface area contributed by atoms with E-state index in [1.54, 1.807) is 29.9 Å². The van der Waals surface area contributed by atoms with Gasteiger partial charge >= 0.3 is 0 Å². The van der Waals surface area contributed by atoms with Gasteiger partial charge in [0.05, 0.1) is 5.69 Å². The molecule has 1 amide bonds. The third kappa shape index (κ3) is 3.79.